The number of carbonyl (C=O) groups is 2. The van der Waals surface area contributed by atoms with Gasteiger partial charge < -0.3 is 23.7 Å². The van der Waals surface area contributed by atoms with E-state index in [0.29, 0.717) is 51.0 Å². The van der Waals surface area contributed by atoms with Gasteiger partial charge in [0.2, 0.25) is 0 Å². The van der Waals surface area contributed by atoms with Crippen LogP contribution in [0, 0.1) is 5.41 Å². The van der Waals surface area contributed by atoms with E-state index in [-0.39, 0.29) is 44.6 Å². The minimum absolute atomic E-state index is 0.123. The van der Waals surface area contributed by atoms with Gasteiger partial charge in [-0.1, -0.05) is 0 Å². The van der Waals surface area contributed by atoms with Gasteiger partial charge in [0.1, 0.15) is 6.61 Å². The average Bonchev–Trinajstić information content (AvgIpc) is 2.75. The maximum absolute atomic E-state index is 11.9. The Bertz CT molecular complexity index is 443. The van der Waals surface area contributed by atoms with Gasteiger partial charge in [-0.2, -0.15) is 50.5 Å². The third kappa shape index (κ3) is 18.3. The summed E-state index contributed by atoms with van der Waals surface area (Å²) in [6, 6.07) is 0. The van der Waals surface area contributed by atoms with Crippen molar-refractivity contribution in [3.05, 3.63) is 0 Å². The van der Waals surface area contributed by atoms with E-state index >= 15 is 0 Å². The lowest BCUT2D eigenvalue weighted by molar-refractivity contribution is -0.155. The summed E-state index contributed by atoms with van der Waals surface area (Å²) in [5, 5.41) is 0. The van der Waals surface area contributed by atoms with Gasteiger partial charge in [0.15, 0.2) is 0 Å². The van der Waals surface area contributed by atoms with E-state index in [9.17, 15) is 9.59 Å². The maximum atomic E-state index is 11.9. The van der Waals surface area contributed by atoms with Crippen molar-refractivity contribution in [2.75, 3.05) is 75.9 Å². The first-order valence-electron chi connectivity index (χ1n) is 10.5. The van der Waals surface area contributed by atoms with E-state index in [0.717, 1.165) is 24.3 Å². The fourth-order valence-electron chi connectivity index (χ4n) is 2.36. The minimum Gasteiger partial charge on any atom is -0.466 e. The molecule has 0 aliphatic heterocycles. The molecule has 184 valence electrons. The third-order valence-corrected chi connectivity index (χ3v) is 5.07. The number of ether oxygens (including phenoxy) is 5. The SMILES string of the molecule is O=C(CCS)OCCCOCC(COCCCS)(COCCCS)COC(=O)CCS. The van der Waals surface area contributed by atoms with E-state index < -0.39 is 5.41 Å². The van der Waals surface area contributed by atoms with Crippen LogP contribution in [0.25, 0.3) is 0 Å². The molecular formula is C20H38O7S4. The molecule has 0 aromatic carbocycles. The molecule has 0 spiro atoms. The first-order chi connectivity index (χ1) is 15.0. The summed E-state index contributed by atoms with van der Waals surface area (Å²) < 4.78 is 28.0. The van der Waals surface area contributed by atoms with Crippen molar-refractivity contribution in [3.8, 4) is 0 Å². The molecule has 0 saturated heterocycles. The fourth-order valence-corrected chi connectivity index (χ4v) is 2.98. The lowest BCUT2D eigenvalue weighted by atomic mass is 9.92. The summed E-state index contributed by atoms with van der Waals surface area (Å²) in [5.41, 5.74) is -0.637. The second-order valence-corrected chi connectivity index (χ2v) is 8.78. The van der Waals surface area contributed by atoms with Gasteiger partial charge >= 0.3 is 11.9 Å². The van der Waals surface area contributed by atoms with Gasteiger partial charge in [0, 0.05) is 37.7 Å². The molecule has 0 aliphatic carbocycles. The number of carbonyl (C=O) groups excluding carboxylic acids is 2. The Morgan fingerprint density at radius 3 is 1.45 bits per heavy atom. The monoisotopic (exact) mass is 518 g/mol. The van der Waals surface area contributed by atoms with Crippen LogP contribution in [-0.2, 0) is 33.3 Å². The molecule has 11 heteroatoms. The highest BCUT2D eigenvalue weighted by Gasteiger charge is 2.34. The van der Waals surface area contributed by atoms with E-state index in [1.54, 1.807) is 0 Å². The van der Waals surface area contributed by atoms with Crippen LogP contribution in [0.15, 0.2) is 0 Å². The molecule has 0 bridgehead atoms. The van der Waals surface area contributed by atoms with Crippen LogP contribution in [0.1, 0.15) is 32.1 Å². The van der Waals surface area contributed by atoms with E-state index in [4.69, 9.17) is 23.7 Å². The van der Waals surface area contributed by atoms with Crippen molar-refractivity contribution < 1.29 is 33.3 Å². The summed E-state index contributed by atoms with van der Waals surface area (Å²) in [5.74, 6) is 1.75. The van der Waals surface area contributed by atoms with Crippen molar-refractivity contribution in [1.29, 1.82) is 0 Å². The molecule has 0 N–H and O–H groups in total. The fraction of sp³-hybridized carbons (Fsp3) is 0.900. The summed E-state index contributed by atoms with van der Waals surface area (Å²) in [4.78, 5) is 23.3. The molecular weight excluding hydrogens is 480 g/mol. The van der Waals surface area contributed by atoms with Crippen LogP contribution in [0.2, 0.25) is 0 Å². The van der Waals surface area contributed by atoms with Crippen molar-refractivity contribution in [3.63, 3.8) is 0 Å². The van der Waals surface area contributed by atoms with Gasteiger partial charge in [-0.15, -0.1) is 0 Å². The van der Waals surface area contributed by atoms with Gasteiger partial charge in [-0.25, -0.2) is 0 Å². The van der Waals surface area contributed by atoms with Crippen molar-refractivity contribution >= 4 is 62.5 Å². The second-order valence-electron chi connectivity index (χ2n) is 6.99. The predicted molar refractivity (Wildman–Crippen MR) is 135 cm³/mol. The molecule has 7 nitrogen and oxygen atoms in total. The Hall–Kier alpha value is 0.220. The smallest absolute Gasteiger partial charge is 0.306 e. The van der Waals surface area contributed by atoms with Crippen LogP contribution in [0.3, 0.4) is 0 Å². The lowest BCUT2D eigenvalue weighted by Crippen LogP contribution is -2.42. The molecule has 0 fully saturated rings. The van der Waals surface area contributed by atoms with Crippen LogP contribution in [-0.4, -0.2) is 87.8 Å². The predicted octanol–water partition coefficient (Wildman–Crippen LogP) is 2.78. The molecule has 0 aromatic heterocycles. The average molecular weight is 519 g/mol. The number of hydrogen-bond acceptors (Lipinski definition) is 11. The maximum Gasteiger partial charge on any atom is 0.306 e. The topological polar surface area (TPSA) is 80.3 Å². The zero-order valence-corrected chi connectivity index (χ0v) is 21.7. The summed E-state index contributed by atoms with van der Waals surface area (Å²) in [7, 11) is 0. The molecule has 0 atom stereocenters. The molecule has 31 heavy (non-hydrogen) atoms. The van der Waals surface area contributed by atoms with Crippen LogP contribution >= 0.6 is 50.5 Å². The molecule has 0 heterocycles. The molecule has 0 unspecified atom stereocenters. The third-order valence-electron chi connectivity index (χ3n) is 3.99. The molecule has 0 rings (SSSR count). The number of thiol groups is 4. The first kappa shape index (κ1) is 31.2. The van der Waals surface area contributed by atoms with E-state index in [1.165, 1.54) is 0 Å². The Morgan fingerprint density at radius 2 is 1.00 bits per heavy atom. The Balaban J connectivity index is 4.78. The largest absolute Gasteiger partial charge is 0.466 e. The lowest BCUT2D eigenvalue weighted by Gasteiger charge is -2.32. The molecule has 0 saturated carbocycles. The highest BCUT2D eigenvalue weighted by molar-refractivity contribution is 7.80. The zero-order chi connectivity index (χ0) is 23.2. The quantitative estimate of drug-likeness (QED) is 0.0997. The van der Waals surface area contributed by atoms with Gasteiger partial charge in [-0.05, 0) is 24.3 Å². The molecule has 0 aliphatic rings. The first-order valence-corrected chi connectivity index (χ1v) is 13.0. The standard InChI is InChI=1S/C20H38O7S4/c21-18(4-12-30)26-9-1-6-23-14-20(15-24-7-2-10-28,16-25-8-3-11-29)17-27-19(22)5-13-31/h28-31H,1-17H2. The van der Waals surface area contributed by atoms with Crippen LogP contribution < -0.4 is 0 Å². The van der Waals surface area contributed by atoms with Gasteiger partial charge in [0.25, 0.3) is 0 Å². The van der Waals surface area contributed by atoms with Crippen molar-refractivity contribution in [1.82, 2.24) is 0 Å². The van der Waals surface area contributed by atoms with E-state index in [1.807, 2.05) is 0 Å². The Labute approximate surface area is 208 Å². The Morgan fingerprint density at radius 1 is 0.548 bits per heavy atom. The van der Waals surface area contributed by atoms with Gasteiger partial charge in [-0.3, -0.25) is 9.59 Å². The summed E-state index contributed by atoms with van der Waals surface area (Å²) in [6.07, 6.45) is 2.72. The Kier molecular flexibility index (Phi) is 22.2. The van der Waals surface area contributed by atoms with E-state index in [2.05, 4.69) is 50.5 Å². The molecule has 0 aromatic rings. The number of rotatable bonds is 22. The second kappa shape index (κ2) is 22.0. The van der Waals surface area contributed by atoms with Crippen LogP contribution in [0.5, 0.6) is 0 Å². The zero-order valence-electron chi connectivity index (χ0n) is 18.2. The number of esters is 2. The molecule has 0 amide bonds. The highest BCUT2D eigenvalue weighted by Crippen LogP contribution is 2.22. The summed E-state index contributed by atoms with van der Waals surface area (Å²) >= 11 is 16.5. The van der Waals surface area contributed by atoms with Gasteiger partial charge in [0.05, 0.1) is 44.7 Å². The van der Waals surface area contributed by atoms with Crippen LogP contribution in [0.4, 0.5) is 0 Å². The minimum atomic E-state index is -0.637. The van der Waals surface area contributed by atoms with Crippen molar-refractivity contribution in [2.24, 2.45) is 5.41 Å². The number of hydrogen-bond donors (Lipinski definition) is 4. The highest BCUT2D eigenvalue weighted by atomic mass is 32.1. The van der Waals surface area contributed by atoms with Crippen molar-refractivity contribution in [2.45, 2.75) is 32.1 Å². The normalized spacial score (nSPS) is 11.5. The molecule has 0 radical (unpaired) electrons. The summed E-state index contributed by atoms with van der Waals surface area (Å²) in [6.45, 7) is 2.84.